The van der Waals surface area contributed by atoms with Crippen LogP contribution in [0.1, 0.15) is 55.0 Å². The van der Waals surface area contributed by atoms with Crippen molar-refractivity contribution in [3.63, 3.8) is 0 Å². The molecule has 0 spiro atoms. The van der Waals surface area contributed by atoms with Crippen LogP contribution in [0, 0.1) is 0 Å². The third-order valence-corrected chi connectivity index (χ3v) is 9.37. The average molecular weight is 598 g/mol. The minimum Gasteiger partial charge on any atom is -0.489 e. The molecule has 6 heterocycles. The Hall–Kier alpha value is -3.80. The summed E-state index contributed by atoms with van der Waals surface area (Å²) < 4.78 is 13.4. The second kappa shape index (κ2) is 12.4. The molecule has 0 radical (unpaired) electrons. The van der Waals surface area contributed by atoms with Crippen LogP contribution < -0.4 is 20.9 Å². The fraction of sp³-hybridized carbons (Fsp3) is 0.406. The molecule has 43 heavy (non-hydrogen) atoms. The number of hydrogen-bond donors (Lipinski definition) is 2. The molecule has 7 rings (SSSR count). The lowest BCUT2D eigenvalue weighted by Crippen LogP contribution is -2.29. The average Bonchev–Trinajstić information content (AvgIpc) is 3.72. The standard InChI is InChI=1S/C32H35N7O3S/c1-20-29(36-19-43-20)27-15-22-16-35-32(37-23-4-6-24(7-5-23)42-25-8-12-33-17-25)38-30(22)39(31(27)40)18-28-26(3-2-11-34-28)21-9-13-41-14-10-21/h2-7,11,15-16,19-21,25,29,33H,8-10,12-14,17-18H2,1H3,(H,35,37,38). The molecule has 2 N–H and O–H groups in total. The summed E-state index contributed by atoms with van der Waals surface area (Å²) in [5.74, 6) is 1.59. The van der Waals surface area contributed by atoms with Crippen molar-refractivity contribution >= 4 is 40.0 Å². The van der Waals surface area contributed by atoms with Gasteiger partial charge < -0.3 is 20.1 Å². The molecule has 4 aromatic rings. The molecule has 3 aromatic heterocycles. The lowest BCUT2D eigenvalue weighted by atomic mass is 9.90. The van der Waals surface area contributed by atoms with Crippen molar-refractivity contribution in [3.05, 3.63) is 82.0 Å². The molecule has 3 aliphatic heterocycles. The van der Waals surface area contributed by atoms with Gasteiger partial charge in [0.25, 0.3) is 5.56 Å². The molecule has 1 aromatic carbocycles. The van der Waals surface area contributed by atoms with E-state index >= 15 is 0 Å². The maximum absolute atomic E-state index is 14.2. The topological polar surface area (TPSA) is 116 Å². The smallest absolute Gasteiger partial charge is 0.257 e. The molecule has 222 valence electrons. The van der Waals surface area contributed by atoms with Crippen LogP contribution in [0.2, 0.25) is 0 Å². The molecule has 0 saturated carbocycles. The monoisotopic (exact) mass is 597 g/mol. The number of benzene rings is 1. The van der Waals surface area contributed by atoms with Crippen molar-refractivity contribution in [2.45, 2.75) is 56.0 Å². The summed E-state index contributed by atoms with van der Waals surface area (Å²) >= 11 is 1.64. The van der Waals surface area contributed by atoms with E-state index in [9.17, 15) is 4.79 Å². The number of pyridine rings is 2. The summed E-state index contributed by atoms with van der Waals surface area (Å²) in [4.78, 5) is 33.1. The highest BCUT2D eigenvalue weighted by Gasteiger charge is 2.28. The lowest BCUT2D eigenvalue weighted by Gasteiger charge is -2.24. The van der Waals surface area contributed by atoms with E-state index < -0.39 is 0 Å². The number of aliphatic imine (C=N–C) groups is 1. The van der Waals surface area contributed by atoms with Crippen molar-refractivity contribution in [1.29, 1.82) is 0 Å². The summed E-state index contributed by atoms with van der Waals surface area (Å²) in [7, 11) is 0. The molecular weight excluding hydrogens is 562 g/mol. The Morgan fingerprint density at radius 3 is 2.74 bits per heavy atom. The van der Waals surface area contributed by atoms with Crippen LogP contribution in [0.3, 0.4) is 0 Å². The van der Waals surface area contributed by atoms with E-state index in [0.717, 1.165) is 68.1 Å². The van der Waals surface area contributed by atoms with Crippen molar-refractivity contribution in [2.75, 3.05) is 31.6 Å². The number of nitrogens with one attached hydrogen (secondary N) is 2. The fourth-order valence-electron chi connectivity index (χ4n) is 6.11. The second-order valence-corrected chi connectivity index (χ2v) is 12.5. The van der Waals surface area contributed by atoms with Crippen LogP contribution in [0.15, 0.2) is 64.6 Å². The van der Waals surface area contributed by atoms with Gasteiger partial charge in [0.2, 0.25) is 5.95 Å². The van der Waals surface area contributed by atoms with Crippen LogP contribution in [0.25, 0.3) is 11.0 Å². The minimum absolute atomic E-state index is 0.0971. The van der Waals surface area contributed by atoms with Gasteiger partial charge in [-0.15, -0.1) is 11.8 Å². The van der Waals surface area contributed by atoms with Crippen LogP contribution in [-0.4, -0.2) is 62.7 Å². The number of rotatable bonds is 8. The number of anilines is 2. The van der Waals surface area contributed by atoms with E-state index in [-0.39, 0.29) is 23.0 Å². The zero-order valence-corrected chi connectivity index (χ0v) is 24.9. The predicted molar refractivity (Wildman–Crippen MR) is 170 cm³/mol. The van der Waals surface area contributed by atoms with Gasteiger partial charge in [0.1, 0.15) is 17.5 Å². The largest absolute Gasteiger partial charge is 0.489 e. The van der Waals surface area contributed by atoms with Gasteiger partial charge >= 0.3 is 0 Å². The first kappa shape index (κ1) is 28.0. The first-order chi connectivity index (χ1) is 21.1. The van der Waals surface area contributed by atoms with Crippen molar-refractivity contribution < 1.29 is 9.47 Å². The number of fused-ring (bicyclic) bond motifs is 1. The zero-order valence-electron chi connectivity index (χ0n) is 24.1. The van der Waals surface area contributed by atoms with Crippen LogP contribution >= 0.6 is 11.8 Å². The SMILES string of the molecule is CC1SC=NC1c1cc2cnc(Nc3ccc(OC4CCNC4)cc3)nc2n(Cc2ncccc2C2CCOCC2)c1=O. The molecule has 2 saturated heterocycles. The van der Waals surface area contributed by atoms with Crippen LogP contribution in [0.5, 0.6) is 5.75 Å². The van der Waals surface area contributed by atoms with Crippen molar-refractivity contribution in [3.8, 4) is 5.75 Å². The third kappa shape index (κ3) is 6.02. The second-order valence-electron chi connectivity index (χ2n) is 11.3. The summed E-state index contributed by atoms with van der Waals surface area (Å²) in [6.45, 7) is 5.74. The van der Waals surface area contributed by atoms with Gasteiger partial charge in [-0.25, -0.2) is 4.98 Å². The van der Waals surface area contributed by atoms with Crippen molar-refractivity contribution in [1.82, 2.24) is 24.8 Å². The van der Waals surface area contributed by atoms with Gasteiger partial charge in [-0.2, -0.15) is 4.98 Å². The summed E-state index contributed by atoms with van der Waals surface area (Å²) in [5, 5.41) is 7.59. The van der Waals surface area contributed by atoms with E-state index in [0.29, 0.717) is 29.6 Å². The normalized spacial score (nSPS) is 22.3. The van der Waals surface area contributed by atoms with E-state index in [1.165, 1.54) is 5.56 Å². The molecule has 0 aliphatic carbocycles. The third-order valence-electron chi connectivity index (χ3n) is 8.44. The Balaban J connectivity index is 1.24. The van der Waals surface area contributed by atoms with Gasteiger partial charge in [-0.1, -0.05) is 13.0 Å². The molecule has 3 aliphatic rings. The Bertz CT molecular complexity index is 1680. The molecule has 11 heteroatoms. The van der Waals surface area contributed by atoms with E-state index in [1.54, 1.807) is 28.7 Å². The van der Waals surface area contributed by atoms with E-state index in [4.69, 9.17) is 19.4 Å². The first-order valence-electron chi connectivity index (χ1n) is 15.0. The number of nitrogens with zero attached hydrogens (tertiary/aromatic N) is 5. The molecule has 0 bridgehead atoms. The highest BCUT2D eigenvalue weighted by molar-refractivity contribution is 8.12. The minimum atomic E-state index is -0.217. The highest BCUT2D eigenvalue weighted by Crippen LogP contribution is 2.34. The Labute approximate surface area is 254 Å². The summed E-state index contributed by atoms with van der Waals surface area (Å²) in [6.07, 6.45) is 6.67. The Morgan fingerprint density at radius 2 is 1.98 bits per heavy atom. The van der Waals surface area contributed by atoms with Crippen LogP contribution in [0.4, 0.5) is 11.6 Å². The number of hydrogen-bond acceptors (Lipinski definition) is 10. The number of aromatic nitrogens is 4. The van der Waals surface area contributed by atoms with Gasteiger partial charge in [-0.3, -0.25) is 19.3 Å². The highest BCUT2D eigenvalue weighted by atomic mass is 32.2. The molecule has 3 unspecified atom stereocenters. The van der Waals surface area contributed by atoms with Gasteiger partial charge in [0.15, 0.2) is 0 Å². The Morgan fingerprint density at radius 1 is 1.12 bits per heavy atom. The molecular formula is C32H35N7O3S. The maximum Gasteiger partial charge on any atom is 0.257 e. The van der Waals surface area contributed by atoms with Crippen molar-refractivity contribution in [2.24, 2.45) is 4.99 Å². The van der Waals surface area contributed by atoms with Gasteiger partial charge in [0.05, 0.1) is 23.8 Å². The fourth-order valence-corrected chi connectivity index (χ4v) is 6.86. The Kier molecular flexibility index (Phi) is 8.10. The lowest BCUT2D eigenvalue weighted by molar-refractivity contribution is 0.0850. The summed E-state index contributed by atoms with van der Waals surface area (Å²) in [6, 6.07) is 13.6. The van der Waals surface area contributed by atoms with Gasteiger partial charge in [-0.05, 0) is 73.7 Å². The molecule has 3 atom stereocenters. The number of ether oxygens (including phenoxy) is 2. The first-order valence-corrected chi connectivity index (χ1v) is 15.9. The van der Waals surface area contributed by atoms with Crippen LogP contribution in [-0.2, 0) is 11.3 Å². The van der Waals surface area contributed by atoms with Gasteiger partial charge in [0, 0.05) is 54.0 Å². The molecule has 10 nitrogen and oxygen atoms in total. The van der Waals surface area contributed by atoms with E-state index in [2.05, 4.69) is 33.6 Å². The number of thioether (sulfide) groups is 1. The molecule has 0 amide bonds. The maximum atomic E-state index is 14.2. The predicted octanol–water partition coefficient (Wildman–Crippen LogP) is 4.82. The van der Waals surface area contributed by atoms with E-state index in [1.807, 2.05) is 41.9 Å². The summed E-state index contributed by atoms with van der Waals surface area (Å²) in [5.41, 5.74) is 5.85. The zero-order chi connectivity index (χ0) is 29.2. The molecule has 2 fully saturated rings. The quantitative estimate of drug-likeness (QED) is 0.295.